The standard InChI is InChI=1S/C16H18O11/c1-2-3-26-11(19)6-16(25,15(23)24)7-12(20)27-14(22)8-4-9(17)13(21)10(18)5-8/h4-5,17-18,21,25H,2-3,6-7H2,1H3,(H,23,24). The number of phenols is 3. The number of aliphatic carboxylic acids is 1. The molecule has 0 saturated heterocycles. The van der Waals surface area contributed by atoms with Crippen LogP contribution in [-0.2, 0) is 23.9 Å². The zero-order chi connectivity index (χ0) is 20.8. The lowest BCUT2D eigenvalue weighted by Gasteiger charge is -2.21. The van der Waals surface area contributed by atoms with Gasteiger partial charge in [-0.25, -0.2) is 9.59 Å². The van der Waals surface area contributed by atoms with Crippen molar-refractivity contribution in [2.45, 2.75) is 31.8 Å². The Labute approximate surface area is 152 Å². The number of aliphatic hydroxyl groups is 1. The zero-order valence-corrected chi connectivity index (χ0v) is 14.2. The lowest BCUT2D eigenvalue weighted by atomic mass is 9.96. The molecule has 0 heterocycles. The molecule has 11 heteroatoms. The van der Waals surface area contributed by atoms with Crippen molar-refractivity contribution in [1.82, 2.24) is 0 Å². The molecule has 1 aromatic rings. The van der Waals surface area contributed by atoms with Gasteiger partial charge in [0.2, 0.25) is 0 Å². The molecule has 1 unspecified atom stereocenters. The molecule has 1 rings (SSSR count). The lowest BCUT2D eigenvalue weighted by Crippen LogP contribution is -2.43. The molecule has 11 nitrogen and oxygen atoms in total. The molecule has 0 aliphatic carbocycles. The van der Waals surface area contributed by atoms with Gasteiger partial charge in [0.15, 0.2) is 22.8 Å². The SMILES string of the molecule is CCCOC(=O)CC(O)(CC(=O)OC(=O)c1cc(O)c(O)c(O)c1)C(=O)O. The number of phenolic OH excluding ortho intramolecular Hbond substituents is 3. The summed E-state index contributed by atoms with van der Waals surface area (Å²) in [5.41, 5.74) is -3.39. The molecule has 148 valence electrons. The van der Waals surface area contributed by atoms with Crippen LogP contribution in [0.2, 0.25) is 0 Å². The van der Waals surface area contributed by atoms with E-state index >= 15 is 0 Å². The first-order valence-electron chi connectivity index (χ1n) is 7.61. The maximum absolute atomic E-state index is 11.8. The van der Waals surface area contributed by atoms with Gasteiger partial charge >= 0.3 is 23.9 Å². The Hall–Kier alpha value is -3.34. The van der Waals surface area contributed by atoms with E-state index in [1.807, 2.05) is 0 Å². The van der Waals surface area contributed by atoms with Gasteiger partial charge in [0.25, 0.3) is 0 Å². The number of ether oxygens (including phenoxy) is 2. The number of carboxylic acid groups (broad SMARTS) is 1. The largest absolute Gasteiger partial charge is 0.504 e. The van der Waals surface area contributed by atoms with Crippen molar-refractivity contribution in [3.8, 4) is 17.2 Å². The molecule has 0 aliphatic rings. The number of rotatable bonds is 8. The zero-order valence-electron chi connectivity index (χ0n) is 14.2. The molecule has 0 spiro atoms. The Bertz CT molecular complexity index is 732. The maximum atomic E-state index is 11.8. The number of esters is 3. The Kier molecular flexibility index (Phi) is 7.11. The van der Waals surface area contributed by atoms with Crippen molar-refractivity contribution < 1.29 is 54.2 Å². The number of aromatic hydroxyl groups is 3. The molecule has 5 N–H and O–H groups in total. The van der Waals surface area contributed by atoms with E-state index in [0.29, 0.717) is 18.6 Å². The summed E-state index contributed by atoms with van der Waals surface area (Å²) in [7, 11) is 0. The van der Waals surface area contributed by atoms with Crippen LogP contribution in [0, 0.1) is 0 Å². The minimum absolute atomic E-state index is 0.00863. The third-order valence-electron chi connectivity index (χ3n) is 3.25. The predicted octanol–water partition coefficient (Wildman–Crippen LogP) is 0.0359. The van der Waals surface area contributed by atoms with Gasteiger partial charge in [0.1, 0.15) is 0 Å². The van der Waals surface area contributed by atoms with Crippen molar-refractivity contribution in [3.05, 3.63) is 17.7 Å². The third-order valence-corrected chi connectivity index (χ3v) is 3.25. The molecular weight excluding hydrogens is 368 g/mol. The van der Waals surface area contributed by atoms with Crippen LogP contribution in [0.15, 0.2) is 12.1 Å². The van der Waals surface area contributed by atoms with E-state index in [9.17, 15) is 39.6 Å². The number of carboxylic acids is 1. The van der Waals surface area contributed by atoms with E-state index in [-0.39, 0.29) is 6.61 Å². The smallest absolute Gasteiger partial charge is 0.346 e. The fraction of sp³-hybridized carbons (Fsp3) is 0.375. The second-order valence-corrected chi connectivity index (χ2v) is 5.54. The normalized spacial score (nSPS) is 12.7. The van der Waals surface area contributed by atoms with E-state index in [0.717, 1.165) is 0 Å². The Morgan fingerprint density at radius 3 is 2.00 bits per heavy atom. The molecule has 0 fully saturated rings. The number of carbonyl (C=O) groups excluding carboxylic acids is 3. The summed E-state index contributed by atoms with van der Waals surface area (Å²) < 4.78 is 8.98. The second kappa shape index (κ2) is 8.85. The molecule has 0 aromatic heterocycles. The van der Waals surface area contributed by atoms with Gasteiger partial charge in [-0.1, -0.05) is 6.92 Å². The Morgan fingerprint density at radius 1 is 1.00 bits per heavy atom. The summed E-state index contributed by atoms with van der Waals surface area (Å²) in [6.45, 7) is 1.68. The van der Waals surface area contributed by atoms with Crippen LogP contribution in [0.3, 0.4) is 0 Å². The number of hydrogen-bond donors (Lipinski definition) is 5. The van der Waals surface area contributed by atoms with Crippen LogP contribution in [-0.4, -0.2) is 61.6 Å². The van der Waals surface area contributed by atoms with Gasteiger partial charge in [-0.15, -0.1) is 0 Å². The van der Waals surface area contributed by atoms with Crippen molar-refractivity contribution in [1.29, 1.82) is 0 Å². The monoisotopic (exact) mass is 386 g/mol. The summed E-state index contributed by atoms with van der Waals surface area (Å²) in [6.07, 6.45) is -1.84. The lowest BCUT2D eigenvalue weighted by molar-refractivity contribution is -0.172. The van der Waals surface area contributed by atoms with Crippen molar-refractivity contribution in [3.63, 3.8) is 0 Å². The highest BCUT2D eigenvalue weighted by Gasteiger charge is 2.42. The summed E-state index contributed by atoms with van der Waals surface area (Å²) in [4.78, 5) is 46.3. The fourth-order valence-corrected chi connectivity index (χ4v) is 1.88. The minimum Gasteiger partial charge on any atom is -0.504 e. The van der Waals surface area contributed by atoms with E-state index in [1.54, 1.807) is 6.92 Å². The van der Waals surface area contributed by atoms with Crippen LogP contribution < -0.4 is 0 Å². The molecule has 0 radical (unpaired) electrons. The van der Waals surface area contributed by atoms with E-state index in [2.05, 4.69) is 9.47 Å². The average Bonchev–Trinajstić information content (AvgIpc) is 2.56. The van der Waals surface area contributed by atoms with Gasteiger partial charge in [0, 0.05) is 0 Å². The molecule has 27 heavy (non-hydrogen) atoms. The van der Waals surface area contributed by atoms with Crippen LogP contribution in [0.1, 0.15) is 36.5 Å². The van der Waals surface area contributed by atoms with Gasteiger partial charge in [0.05, 0.1) is 25.0 Å². The van der Waals surface area contributed by atoms with Crippen LogP contribution in [0.25, 0.3) is 0 Å². The van der Waals surface area contributed by atoms with Crippen molar-refractivity contribution in [2.24, 2.45) is 0 Å². The molecule has 0 saturated carbocycles. The summed E-state index contributed by atoms with van der Waals surface area (Å²) in [6, 6.07) is 1.38. The quantitative estimate of drug-likeness (QED) is 0.230. The summed E-state index contributed by atoms with van der Waals surface area (Å²) in [5.74, 6) is -8.48. The van der Waals surface area contributed by atoms with Crippen LogP contribution in [0.5, 0.6) is 17.2 Å². The molecule has 1 atom stereocenters. The fourth-order valence-electron chi connectivity index (χ4n) is 1.88. The molecular formula is C16H18O11. The van der Waals surface area contributed by atoms with Crippen LogP contribution in [0.4, 0.5) is 0 Å². The van der Waals surface area contributed by atoms with E-state index in [1.165, 1.54) is 0 Å². The minimum atomic E-state index is -2.86. The number of carbonyl (C=O) groups is 4. The predicted molar refractivity (Wildman–Crippen MR) is 84.9 cm³/mol. The van der Waals surface area contributed by atoms with Crippen molar-refractivity contribution >= 4 is 23.9 Å². The third kappa shape index (κ3) is 5.85. The highest BCUT2D eigenvalue weighted by molar-refractivity contribution is 5.99. The second-order valence-electron chi connectivity index (χ2n) is 5.54. The average molecular weight is 386 g/mol. The van der Waals surface area contributed by atoms with Gasteiger partial charge in [-0.3, -0.25) is 9.59 Å². The van der Waals surface area contributed by atoms with Crippen LogP contribution >= 0.6 is 0 Å². The number of hydrogen-bond acceptors (Lipinski definition) is 10. The number of benzene rings is 1. The first kappa shape index (κ1) is 21.7. The first-order valence-corrected chi connectivity index (χ1v) is 7.61. The Morgan fingerprint density at radius 2 is 1.52 bits per heavy atom. The molecule has 0 bridgehead atoms. The van der Waals surface area contributed by atoms with Gasteiger partial charge < -0.3 is 35.0 Å². The first-order chi connectivity index (χ1) is 12.5. The maximum Gasteiger partial charge on any atom is 0.346 e. The summed E-state index contributed by atoms with van der Waals surface area (Å²) in [5, 5.41) is 46.9. The summed E-state index contributed by atoms with van der Waals surface area (Å²) >= 11 is 0. The Balaban J connectivity index is 2.83. The topological polar surface area (TPSA) is 188 Å². The highest BCUT2D eigenvalue weighted by atomic mass is 16.6. The molecule has 0 aliphatic heterocycles. The van der Waals surface area contributed by atoms with Crippen molar-refractivity contribution in [2.75, 3.05) is 6.61 Å². The molecule has 1 aromatic carbocycles. The van der Waals surface area contributed by atoms with E-state index in [4.69, 9.17) is 5.11 Å². The van der Waals surface area contributed by atoms with E-state index < -0.39 is 65.1 Å². The highest BCUT2D eigenvalue weighted by Crippen LogP contribution is 2.35. The molecule has 0 amide bonds. The van der Waals surface area contributed by atoms with Gasteiger partial charge in [-0.05, 0) is 18.6 Å². The van der Waals surface area contributed by atoms with Gasteiger partial charge in [-0.2, -0.15) is 0 Å².